The highest BCUT2D eigenvalue weighted by molar-refractivity contribution is 7.11. The molecule has 0 bridgehead atoms. The van der Waals surface area contributed by atoms with E-state index in [1.54, 1.807) is 34.8 Å². The van der Waals surface area contributed by atoms with Crippen LogP contribution in [0.15, 0.2) is 47.2 Å². The fraction of sp³-hybridized carbons (Fsp3) is 0.417. The number of hydrogen-bond acceptors (Lipinski definition) is 4. The fourth-order valence-corrected chi connectivity index (χ4v) is 5.80. The van der Waals surface area contributed by atoms with Crippen molar-refractivity contribution in [3.8, 4) is 0 Å². The molecule has 2 aromatic heterocycles. The number of amides is 2. The summed E-state index contributed by atoms with van der Waals surface area (Å²) < 4.78 is 0. The van der Waals surface area contributed by atoms with Crippen molar-refractivity contribution in [3.63, 3.8) is 0 Å². The van der Waals surface area contributed by atoms with E-state index in [4.69, 9.17) is 0 Å². The van der Waals surface area contributed by atoms with Crippen molar-refractivity contribution in [2.24, 2.45) is 10.8 Å². The first-order valence-electron chi connectivity index (χ1n) is 10.2. The lowest BCUT2D eigenvalue weighted by Gasteiger charge is -2.46. The number of nitrogens with one attached hydrogen (secondary N) is 2. The van der Waals surface area contributed by atoms with Crippen molar-refractivity contribution in [1.29, 1.82) is 0 Å². The lowest BCUT2D eigenvalue weighted by atomic mass is 9.62. The van der Waals surface area contributed by atoms with Gasteiger partial charge in [0.1, 0.15) is 0 Å². The van der Waals surface area contributed by atoms with Crippen LogP contribution in [-0.4, -0.2) is 24.4 Å². The zero-order valence-electron chi connectivity index (χ0n) is 17.8. The van der Waals surface area contributed by atoms with Crippen molar-refractivity contribution in [2.75, 3.05) is 6.54 Å². The lowest BCUT2D eigenvalue weighted by Crippen LogP contribution is -2.50. The summed E-state index contributed by atoms with van der Waals surface area (Å²) in [4.78, 5) is 26.8. The van der Waals surface area contributed by atoms with E-state index < -0.39 is 0 Å². The van der Waals surface area contributed by atoms with Crippen molar-refractivity contribution in [3.05, 3.63) is 56.9 Å². The normalized spacial score (nSPS) is 23.6. The standard InChI is InChI=1S/C24H30N2O2S2/c1-23(2)14-18(26-22(28)11-9-20-7-5-13-30-20)15-24(3,16-23)17-25-21(27)10-8-19-6-4-12-29-19/h4-13,18H,14-17H2,1-3H3,(H,25,27)(H,26,28). The van der Waals surface area contributed by atoms with Crippen LogP contribution < -0.4 is 10.6 Å². The SMILES string of the molecule is CC1(C)CC(NC(=O)C=Cc2cccs2)CC(C)(CNC(=O)C=Cc2cccs2)C1. The second-order valence-electron chi connectivity index (χ2n) is 9.18. The molecule has 2 atom stereocenters. The highest BCUT2D eigenvalue weighted by Crippen LogP contribution is 2.45. The van der Waals surface area contributed by atoms with E-state index in [1.807, 2.05) is 47.2 Å². The van der Waals surface area contributed by atoms with Gasteiger partial charge >= 0.3 is 0 Å². The second kappa shape index (κ2) is 9.75. The Morgan fingerprint density at radius 2 is 1.60 bits per heavy atom. The Hall–Kier alpha value is -2.18. The summed E-state index contributed by atoms with van der Waals surface area (Å²) in [5.74, 6) is -0.135. The zero-order chi connectivity index (χ0) is 21.6. The predicted molar refractivity (Wildman–Crippen MR) is 127 cm³/mol. The molecule has 2 unspecified atom stereocenters. The first-order chi connectivity index (χ1) is 14.2. The van der Waals surface area contributed by atoms with Gasteiger partial charge in [-0.3, -0.25) is 9.59 Å². The summed E-state index contributed by atoms with van der Waals surface area (Å²) in [5, 5.41) is 10.2. The Bertz CT molecular complexity index is 898. The van der Waals surface area contributed by atoms with E-state index in [0.717, 1.165) is 29.0 Å². The molecule has 2 heterocycles. The first-order valence-corrected chi connectivity index (χ1v) is 12.0. The van der Waals surface area contributed by atoms with Gasteiger partial charge in [-0.15, -0.1) is 22.7 Å². The van der Waals surface area contributed by atoms with Gasteiger partial charge in [0.2, 0.25) is 11.8 Å². The van der Waals surface area contributed by atoms with Gasteiger partial charge in [0.05, 0.1) is 0 Å². The van der Waals surface area contributed by atoms with Crippen LogP contribution >= 0.6 is 22.7 Å². The average molecular weight is 443 g/mol. The van der Waals surface area contributed by atoms with Crippen molar-refractivity contribution in [1.82, 2.24) is 10.6 Å². The molecule has 0 radical (unpaired) electrons. The van der Waals surface area contributed by atoms with Crippen LogP contribution in [0.2, 0.25) is 0 Å². The molecule has 1 fully saturated rings. The number of rotatable bonds is 7. The summed E-state index contributed by atoms with van der Waals surface area (Å²) in [6.45, 7) is 7.28. The van der Waals surface area contributed by atoms with Crippen LogP contribution in [0.5, 0.6) is 0 Å². The van der Waals surface area contributed by atoms with Gasteiger partial charge in [0, 0.05) is 34.5 Å². The van der Waals surface area contributed by atoms with Crippen LogP contribution in [-0.2, 0) is 9.59 Å². The molecule has 30 heavy (non-hydrogen) atoms. The number of hydrogen-bond donors (Lipinski definition) is 2. The van der Waals surface area contributed by atoms with E-state index >= 15 is 0 Å². The van der Waals surface area contributed by atoms with E-state index in [9.17, 15) is 9.59 Å². The maximum absolute atomic E-state index is 12.4. The molecule has 0 aromatic carbocycles. The molecule has 6 heteroatoms. The zero-order valence-corrected chi connectivity index (χ0v) is 19.4. The Morgan fingerprint density at radius 3 is 2.17 bits per heavy atom. The largest absolute Gasteiger partial charge is 0.352 e. The molecule has 0 saturated heterocycles. The number of carbonyl (C=O) groups excluding carboxylic acids is 2. The summed E-state index contributed by atoms with van der Waals surface area (Å²) in [7, 11) is 0. The van der Waals surface area contributed by atoms with E-state index in [0.29, 0.717) is 6.54 Å². The summed E-state index contributed by atoms with van der Waals surface area (Å²) in [6, 6.07) is 8.01. The quantitative estimate of drug-likeness (QED) is 0.568. The molecule has 2 amide bonds. The number of carbonyl (C=O) groups is 2. The van der Waals surface area contributed by atoms with Gasteiger partial charge in [0.15, 0.2) is 0 Å². The molecule has 0 aliphatic heterocycles. The molecule has 0 spiro atoms. The molecular formula is C24H30N2O2S2. The van der Waals surface area contributed by atoms with E-state index in [-0.39, 0.29) is 28.7 Å². The van der Waals surface area contributed by atoms with Gasteiger partial charge in [-0.05, 0) is 65.1 Å². The highest BCUT2D eigenvalue weighted by Gasteiger charge is 2.41. The Labute approximate surface area is 187 Å². The second-order valence-corrected chi connectivity index (χ2v) is 11.1. The third-order valence-electron chi connectivity index (χ3n) is 5.36. The molecule has 2 aromatic rings. The molecule has 2 N–H and O–H groups in total. The molecule has 1 saturated carbocycles. The van der Waals surface area contributed by atoms with E-state index in [1.165, 1.54) is 0 Å². The highest BCUT2D eigenvalue weighted by atomic mass is 32.1. The van der Waals surface area contributed by atoms with Gasteiger partial charge in [-0.2, -0.15) is 0 Å². The average Bonchev–Trinajstić information content (AvgIpc) is 3.35. The molecule has 1 aliphatic carbocycles. The van der Waals surface area contributed by atoms with Crippen molar-refractivity contribution >= 4 is 46.6 Å². The van der Waals surface area contributed by atoms with Crippen LogP contribution in [0.3, 0.4) is 0 Å². The monoisotopic (exact) mass is 442 g/mol. The first kappa shape index (κ1) is 22.5. The van der Waals surface area contributed by atoms with Crippen molar-refractivity contribution in [2.45, 2.75) is 46.1 Å². The minimum atomic E-state index is -0.0764. The molecule has 4 nitrogen and oxygen atoms in total. The van der Waals surface area contributed by atoms with Crippen LogP contribution in [0.4, 0.5) is 0 Å². The lowest BCUT2D eigenvalue weighted by molar-refractivity contribution is -0.119. The minimum Gasteiger partial charge on any atom is -0.352 e. The molecular weight excluding hydrogens is 412 g/mol. The van der Waals surface area contributed by atoms with Gasteiger partial charge in [-0.25, -0.2) is 0 Å². The third kappa shape index (κ3) is 6.96. The van der Waals surface area contributed by atoms with Crippen LogP contribution in [0.1, 0.15) is 49.8 Å². The maximum Gasteiger partial charge on any atom is 0.244 e. The van der Waals surface area contributed by atoms with E-state index in [2.05, 4.69) is 31.4 Å². The predicted octanol–water partition coefficient (Wildman–Crippen LogP) is 5.35. The fourth-order valence-electron chi connectivity index (χ4n) is 4.57. The smallest absolute Gasteiger partial charge is 0.244 e. The summed E-state index contributed by atoms with van der Waals surface area (Å²) in [5.41, 5.74) is 0.0313. The molecule has 3 rings (SSSR count). The Kier molecular flexibility index (Phi) is 7.32. The topological polar surface area (TPSA) is 58.2 Å². The Morgan fingerprint density at radius 1 is 1.00 bits per heavy atom. The number of thiophene rings is 2. The summed E-state index contributed by atoms with van der Waals surface area (Å²) in [6.07, 6.45) is 9.70. The molecule has 160 valence electrons. The minimum absolute atomic E-state index is 0.0589. The van der Waals surface area contributed by atoms with Gasteiger partial charge < -0.3 is 10.6 Å². The summed E-state index contributed by atoms with van der Waals surface area (Å²) >= 11 is 3.22. The maximum atomic E-state index is 12.4. The van der Waals surface area contributed by atoms with Crippen LogP contribution in [0.25, 0.3) is 12.2 Å². The van der Waals surface area contributed by atoms with Gasteiger partial charge in [0.25, 0.3) is 0 Å². The third-order valence-corrected chi connectivity index (χ3v) is 7.04. The Balaban J connectivity index is 1.55. The van der Waals surface area contributed by atoms with Crippen molar-refractivity contribution < 1.29 is 9.59 Å². The molecule has 1 aliphatic rings. The van der Waals surface area contributed by atoms with Gasteiger partial charge in [-0.1, -0.05) is 32.9 Å². The van der Waals surface area contributed by atoms with Crippen LogP contribution in [0, 0.1) is 10.8 Å².